The van der Waals surface area contributed by atoms with Crippen LogP contribution in [-0.2, 0) is 21.0 Å². The molecular formula is C23H20ClF3N2O4S. The van der Waals surface area contributed by atoms with Gasteiger partial charge in [-0.3, -0.25) is 9.10 Å². The van der Waals surface area contributed by atoms with Crippen LogP contribution in [0.2, 0.25) is 5.02 Å². The SMILES string of the molecule is COc1ccc(C)cc1S(=O)(=O)N(CC(=O)Nc1ccccc1C(F)(F)F)c1ccc(Cl)cc1. The molecule has 0 aliphatic heterocycles. The molecule has 3 rings (SSSR count). The van der Waals surface area contributed by atoms with Gasteiger partial charge in [0.1, 0.15) is 17.2 Å². The van der Waals surface area contributed by atoms with E-state index in [0.29, 0.717) is 10.6 Å². The van der Waals surface area contributed by atoms with Crippen LogP contribution in [0.3, 0.4) is 0 Å². The quantitative estimate of drug-likeness (QED) is 0.453. The first kappa shape index (κ1) is 25.4. The topological polar surface area (TPSA) is 75.7 Å². The van der Waals surface area contributed by atoms with Crippen molar-refractivity contribution in [1.29, 1.82) is 0 Å². The van der Waals surface area contributed by atoms with Crippen LogP contribution in [0.5, 0.6) is 5.75 Å². The lowest BCUT2D eigenvalue weighted by molar-refractivity contribution is -0.137. The fourth-order valence-electron chi connectivity index (χ4n) is 3.19. The number of para-hydroxylation sites is 1. The molecule has 3 aromatic rings. The highest BCUT2D eigenvalue weighted by atomic mass is 35.5. The molecule has 6 nitrogen and oxygen atoms in total. The fourth-order valence-corrected chi connectivity index (χ4v) is 4.98. The van der Waals surface area contributed by atoms with Crippen LogP contribution < -0.4 is 14.4 Å². The normalized spacial score (nSPS) is 11.7. The Labute approximate surface area is 200 Å². The summed E-state index contributed by atoms with van der Waals surface area (Å²) in [6.07, 6.45) is -4.71. The van der Waals surface area contributed by atoms with Crippen molar-refractivity contribution in [2.75, 3.05) is 23.3 Å². The maximum absolute atomic E-state index is 13.6. The first-order chi connectivity index (χ1) is 15.9. The molecule has 0 aromatic heterocycles. The molecule has 1 amide bonds. The molecule has 0 heterocycles. The van der Waals surface area contributed by atoms with Gasteiger partial charge in [0.05, 0.1) is 24.0 Å². The molecule has 0 saturated carbocycles. The molecule has 0 unspecified atom stereocenters. The summed E-state index contributed by atoms with van der Waals surface area (Å²) in [5.41, 5.74) is -0.822. The number of nitrogens with zero attached hydrogens (tertiary/aromatic N) is 1. The van der Waals surface area contributed by atoms with Gasteiger partial charge < -0.3 is 10.1 Å². The lowest BCUT2D eigenvalue weighted by Gasteiger charge is -2.25. The predicted molar refractivity (Wildman–Crippen MR) is 124 cm³/mol. The summed E-state index contributed by atoms with van der Waals surface area (Å²) in [4.78, 5) is 12.6. The van der Waals surface area contributed by atoms with Gasteiger partial charge in [0.2, 0.25) is 5.91 Å². The van der Waals surface area contributed by atoms with E-state index in [4.69, 9.17) is 16.3 Å². The van der Waals surface area contributed by atoms with Crippen molar-refractivity contribution < 1.29 is 31.1 Å². The second-order valence-corrected chi connectivity index (χ2v) is 9.50. The van der Waals surface area contributed by atoms with Crippen LogP contribution >= 0.6 is 11.6 Å². The van der Waals surface area contributed by atoms with Crippen LogP contribution in [0.1, 0.15) is 11.1 Å². The summed E-state index contributed by atoms with van der Waals surface area (Å²) >= 11 is 5.92. The van der Waals surface area contributed by atoms with Gasteiger partial charge in [-0.2, -0.15) is 13.2 Å². The molecule has 0 aliphatic rings. The Balaban J connectivity index is 2.03. The minimum Gasteiger partial charge on any atom is -0.495 e. The van der Waals surface area contributed by atoms with E-state index in [0.717, 1.165) is 16.4 Å². The van der Waals surface area contributed by atoms with Crippen molar-refractivity contribution >= 4 is 38.9 Å². The highest BCUT2D eigenvalue weighted by Crippen LogP contribution is 2.35. The molecule has 0 spiro atoms. The molecule has 0 fully saturated rings. The van der Waals surface area contributed by atoms with E-state index in [2.05, 4.69) is 5.32 Å². The molecule has 0 aliphatic carbocycles. The number of aryl methyl sites for hydroxylation is 1. The molecular weight excluding hydrogens is 493 g/mol. The van der Waals surface area contributed by atoms with Crippen molar-refractivity contribution in [3.05, 3.63) is 82.9 Å². The molecule has 11 heteroatoms. The number of alkyl halides is 3. The van der Waals surface area contributed by atoms with Gasteiger partial charge in [-0.15, -0.1) is 0 Å². The zero-order chi connectivity index (χ0) is 25.1. The molecule has 0 bridgehead atoms. The Morgan fingerprint density at radius 3 is 2.32 bits per heavy atom. The van der Waals surface area contributed by atoms with Crippen molar-refractivity contribution in [1.82, 2.24) is 0 Å². The van der Waals surface area contributed by atoms with Gasteiger partial charge in [0.15, 0.2) is 0 Å². The van der Waals surface area contributed by atoms with Gasteiger partial charge >= 0.3 is 6.18 Å². The van der Waals surface area contributed by atoms with Crippen molar-refractivity contribution in [3.8, 4) is 5.75 Å². The molecule has 180 valence electrons. The second kappa shape index (κ2) is 9.94. The number of carbonyl (C=O) groups excluding carboxylic acids is 1. The highest BCUT2D eigenvalue weighted by molar-refractivity contribution is 7.93. The van der Waals surface area contributed by atoms with E-state index < -0.39 is 39.9 Å². The molecule has 1 N–H and O–H groups in total. The number of hydrogen-bond donors (Lipinski definition) is 1. The Bertz CT molecular complexity index is 1300. The third-order valence-corrected chi connectivity index (χ3v) is 6.84. The summed E-state index contributed by atoms with van der Waals surface area (Å²) in [5.74, 6) is -0.922. The molecule has 0 radical (unpaired) electrons. The smallest absolute Gasteiger partial charge is 0.418 e. The van der Waals surface area contributed by atoms with Gasteiger partial charge in [0.25, 0.3) is 10.0 Å². The summed E-state index contributed by atoms with van der Waals surface area (Å²) < 4.78 is 73.1. The van der Waals surface area contributed by atoms with Crippen LogP contribution in [-0.4, -0.2) is 28.0 Å². The average molecular weight is 513 g/mol. The first-order valence-corrected chi connectivity index (χ1v) is 11.6. The third-order valence-electron chi connectivity index (χ3n) is 4.80. The average Bonchev–Trinajstić information content (AvgIpc) is 2.77. The minimum absolute atomic E-state index is 0.0485. The monoisotopic (exact) mass is 512 g/mol. The Morgan fingerprint density at radius 2 is 1.71 bits per heavy atom. The van der Waals surface area contributed by atoms with Crippen molar-refractivity contribution in [2.45, 2.75) is 18.0 Å². The van der Waals surface area contributed by atoms with E-state index in [1.807, 2.05) is 0 Å². The predicted octanol–water partition coefficient (Wildman–Crippen LogP) is 5.51. The Hall–Kier alpha value is -3.24. The summed E-state index contributed by atoms with van der Waals surface area (Å²) in [5, 5.41) is 2.50. The number of halogens is 4. The number of nitrogens with one attached hydrogen (secondary N) is 1. The second-order valence-electron chi connectivity index (χ2n) is 7.23. The van der Waals surface area contributed by atoms with Crippen LogP contribution in [0.25, 0.3) is 0 Å². The van der Waals surface area contributed by atoms with Gasteiger partial charge in [-0.25, -0.2) is 8.42 Å². The lowest BCUT2D eigenvalue weighted by Crippen LogP contribution is -2.38. The van der Waals surface area contributed by atoms with Crippen molar-refractivity contribution in [2.24, 2.45) is 0 Å². The maximum Gasteiger partial charge on any atom is 0.418 e. The van der Waals surface area contributed by atoms with Crippen molar-refractivity contribution in [3.63, 3.8) is 0 Å². The molecule has 0 saturated heterocycles. The number of methoxy groups -OCH3 is 1. The van der Waals surface area contributed by atoms with E-state index in [9.17, 15) is 26.4 Å². The molecule has 3 aromatic carbocycles. The van der Waals surface area contributed by atoms with E-state index >= 15 is 0 Å². The number of benzene rings is 3. The number of carbonyl (C=O) groups is 1. The number of ether oxygens (including phenoxy) is 1. The first-order valence-electron chi connectivity index (χ1n) is 9.82. The Kier molecular flexibility index (Phi) is 7.42. The number of anilines is 2. The number of rotatable bonds is 7. The van der Waals surface area contributed by atoms with E-state index in [-0.39, 0.29) is 16.3 Å². The summed E-state index contributed by atoms with van der Waals surface area (Å²) in [7, 11) is -3.07. The zero-order valence-corrected chi connectivity index (χ0v) is 19.6. The fraction of sp³-hybridized carbons (Fsp3) is 0.174. The summed E-state index contributed by atoms with van der Waals surface area (Å²) in [6, 6.07) is 14.6. The van der Waals surface area contributed by atoms with Gasteiger partial charge in [-0.1, -0.05) is 29.8 Å². The van der Waals surface area contributed by atoms with Crippen LogP contribution in [0.15, 0.2) is 71.6 Å². The summed E-state index contributed by atoms with van der Waals surface area (Å²) in [6.45, 7) is 0.888. The molecule has 0 atom stereocenters. The number of sulfonamides is 1. The van der Waals surface area contributed by atoms with Gasteiger partial charge in [-0.05, 0) is 61.0 Å². The van der Waals surface area contributed by atoms with Gasteiger partial charge in [0, 0.05) is 5.02 Å². The lowest BCUT2D eigenvalue weighted by atomic mass is 10.1. The maximum atomic E-state index is 13.6. The number of hydrogen-bond acceptors (Lipinski definition) is 4. The minimum atomic E-state index is -4.71. The van der Waals surface area contributed by atoms with Crippen LogP contribution in [0, 0.1) is 6.92 Å². The third kappa shape index (κ3) is 5.63. The van der Waals surface area contributed by atoms with Crippen LogP contribution in [0.4, 0.5) is 24.5 Å². The zero-order valence-electron chi connectivity index (χ0n) is 18.1. The van der Waals surface area contributed by atoms with E-state index in [1.165, 1.54) is 55.6 Å². The molecule has 34 heavy (non-hydrogen) atoms. The van der Waals surface area contributed by atoms with E-state index in [1.54, 1.807) is 13.0 Å². The standard InChI is InChI=1S/C23H20ClF3N2O4S/c1-15-7-12-20(33-2)21(13-15)34(31,32)29(17-10-8-16(24)9-11-17)14-22(30)28-19-6-4-3-5-18(19)23(25,26)27/h3-13H,14H2,1-2H3,(H,28,30). The largest absolute Gasteiger partial charge is 0.495 e. The highest BCUT2D eigenvalue weighted by Gasteiger charge is 2.34. The Morgan fingerprint density at radius 1 is 1.06 bits per heavy atom. The number of amides is 1.